The molecule has 0 aliphatic carbocycles. The van der Waals surface area contributed by atoms with Gasteiger partial charge in [0.2, 0.25) is 0 Å². The molecule has 4 rings (SSSR count). The highest BCUT2D eigenvalue weighted by atomic mass is 16.3. The van der Waals surface area contributed by atoms with Gasteiger partial charge in [-0.1, -0.05) is 81.4 Å². The van der Waals surface area contributed by atoms with Crippen LogP contribution in [0.4, 0.5) is 0 Å². The molecule has 35 heavy (non-hydrogen) atoms. The minimum absolute atomic E-state index is 0.0242. The molecular formula is C29H31N3O3. The lowest BCUT2D eigenvalue weighted by Crippen LogP contribution is -2.32. The van der Waals surface area contributed by atoms with Gasteiger partial charge in [-0.2, -0.15) is 0 Å². The Morgan fingerprint density at radius 2 is 1.77 bits per heavy atom. The Bertz CT molecular complexity index is 1230. The van der Waals surface area contributed by atoms with E-state index in [2.05, 4.69) is 25.8 Å². The highest BCUT2D eigenvalue weighted by Crippen LogP contribution is 2.38. The number of ketones is 1. The third-order valence-electron chi connectivity index (χ3n) is 6.26. The summed E-state index contributed by atoms with van der Waals surface area (Å²) in [5.41, 5.74) is 2.92. The molecule has 0 bridgehead atoms. The van der Waals surface area contributed by atoms with E-state index in [9.17, 15) is 14.7 Å². The predicted molar refractivity (Wildman–Crippen MR) is 137 cm³/mol. The number of carbonyl (C=O) groups is 2. The normalized spacial score (nSPS) is 16.5. The molecule has 1 amide bonds. The van der Waals surface area contributed by atoms with Gasteiger partial charge >= 0.3 is 0 Å². The summed E-state index contributed by atoms with van der Waals surface area (Å²) in [5.74, 6) is -1.36. The number of hydrogen-bond donors (Lipinski definition) is 1. The Kier molecular flexibility index (Phi) is 7.01. The lowest BCUT2D eigenvalue weighted by Gasteiger charge is -2.27. The molecule has 0 saturated heterocycles. The maximum absolute atomic E-state index is 13.3. The molecular weight excluding hydrogens is 438 g/mol. The molecule has 0 radical (unpaired) electrons. The SMILES string of the molecule is CC(C)(C)c1ccc(C2C(C(=O)/C=C/c3ccccc3)=C(O)C(=O)N2CCCn2ccnc2)cc1. The van der Waals surface area contributed by atoms with Crippen LogP contribution in [-0.2, 0) is 21.5 Å². The van der Waals surface area contributed by atoms with E-state index in [0.717, 1.165) is 16.7 Å². The van der Waals surface area contributed by atoms with Crippen LogP contribution in [0.2, 0.25) is 0 Å². The number of aliphatic hydroxyl groups is 1. The summed E-state index contributed by atoms with van der Waals surface area (Å²) < 4.78 is 1.94. The monoisotopic (exact) mass is 469 g/mol. The predicted octanol–water partition coefficient (Wildman–Crippen LogP) is 5.25. The maximum atomic E-state index is 13.3. The van der Waals surface area contributed by atoms with E-state index < -0.39 is 17.7 Å². The van der Waals surface area contributed by atoms with Crippen LogP contribution in [-0.4, -0.2) is 37.8 Å². The van der Waals surface area contributed by atoms with Crippen molar-refractivity contribution >= 4 is 17.8 Å². The number of allylic oxidation sites excluding steroid dienone is 1. The highest BCUT2D eigenvalue weighted by molar-refractivity contribution is 6.14. The molecule has 6 heteroatoms. The second-order valence-corrected chi connectivity index (χ2v) is 9.80. The van der Waals surface area contributed by atoms with Crippen molar-refractivity contribution in [3.63, 3.8) is 0 Å². The van der Waals surface area contributed by atoms with Crippen molar-refractivity contribution in [2.45, 2.75) is 45.2 Å². The van der Waals surface area contributed by atoms with Gasteiger partial charge in [0.1, 0.15) is 0 Å². The number of imidazole rings is 1. The minimum atomic E-state index is -0.646. The second kappa shape index (κ2) is 10.1. The molecule has 2 heterocycles. The summed E-state index contributed by atoms with van der Waals surface area (Å²) in [5, 5.41) is 10.8. The van der Waals surface area contributed by atoms with Crippen LogP contribution < -0.4 is 0 Å². The van der Waals surface area contributed by atoms with Gasteiger partial charge in [-0.05, 0) is 34.6 Å². The third kappa shape index (κ3) is 5.43. The first-order valence-corrected chi connectivity index (χ1v) is 11.8. The first-order chi connectivity index (χ1) is 16.8. The van der Waals surface area contributed by atoms with Crippen molar-refractivity contribution in [1.29, 1.82) is 0 Å². The van der Waals surface area contributed by atoms with E-state index >= 15 is 0 Å². The van der Waals surface area contributed by atoms with Crippen LogP contribution >= 0.6 is 0 Å². The zero-order valence-corrected chi connectivity index (χ0v) is 20.4. The average Bonchev–Trinajstić information content (AvgIpc) is 3.45. The van der Waals surface area contributed by atoms with Crippen LogP contribution in [0.5, 0.6) is 0 Å². The highest BCUT2D eigenvalue weighted by Gasteiger charge is 2.42. The van der Waals surface area contributed by atoms with Gasteiger partial charge in [0.05, 0.1) is 17.9 Å². The molecule has 0 saturated carbocycles. The van der Waals surface area contributed by atoms with Crippen LogP contribution in [0.1, 0.15) is 49.9 Å². The quantitative estimate of drug-likeness (QED) is 0.457. The first-order valence-electron chi connectivity index (χ1n) is 11.8. The van der Waals surface area contributed by atoms with Gasteiger partial charge in [-0.25, -0.2) is 4.98 Å². The van der Waals surface area contributed by atoms with Gasteiger partial charge < -0.3 is 14.6 Å². The molecule has 1 aliphatic rings. The molecule has 180 valence electrons. The number of aliphatic hydroxyl groups excluding tert-OH is 1. The summed E-state index contributed by atoms with van der Waals surface area (Å²) in [7, 11) is 0. The van der Waals surface area contributed by atoms with Crippen molar-refractivity contribution in [1.82, 2.24) is 14.5 Å². The zero-order valence-electron chi connectivity index (χ0n) is 20.4. The van der Waals surface area contributed by atoms with Gasteiger partial charge in [-0.15, -0.1) is 0 Å². The molecule has 1 N–H and O–H groups in total. The molecule has 2 aromatic carbocycles. The third-order valence-corrected chi connectivity index (χ3v) is 6.26. The Labute approximate surface area is 206 Å². The molecule has 1 aliphatic heterocycles. The first kappa shape index (κ1) is 24.2. The van der Waals surface area contributed by atoms with E-state index in [4.69, 9.17) is 0 Å². The summed E-state index contributed by atoms with van der Waals surface area (Å²) in [4.78, 5) is 32.1. The van der Waals surface area contributed by atoms with Gasteiger partial charge in [0.25, 0.3) is 5.91 Å². The summed E-state index contributed by atoms with van der Waals surface area (Å²) in [6.45, 7) is 7.49. The Morgan fingerprint density at radius 3 is 2.40 bits per heavy atom. The fourth-order valence-electron chi connectivity index (χ4n) is 4.32. The van der Waals surface area contributed by atoms with E-state index in [0.29, 0.717) is 19.5 Å². The standard InChI is InChI=1S/C29H31N3O3/c1-29(2,3)23-13-11-22(12-14-23)26-25(24(33)15-10-21-8-5-4-6-9-21)27(34)28(35)32(26)18-7-17-31-19-16-30-20-31/h4-6,8-16,19-20,26,34H,7,17-18H2,1-3H3/b15-10+. The fraction of sp³-hybridized carbons (Fsp3) is 0.276. The Hall–Kier alpha value is -3.93. The summed E-state index contributed by atoms with van der Waals surface area (Å²) >= 11 is 0. The van der Waals surface area contributed by atoms with Gasteiger partial charge in [0.15, 0.2) is 11.5 Å². The van der Waals surface area contributed by atoms with Crippen molar-refractivity contribution < 1.29 is 14.7 Å². The van der Waals surface area contributed by atoms with Crippen molar-refractivity contribution in [2.24, 2.45) is 0 Å². The van der Waals surface area contributed by atoms with Crippen LogP contribution in [0, 0.1) is 0 Å². The molecule has 0 fully saturated rings. The van der Waals surface area contributed by atoms with E-state index in [1.807, 2.05) is 65.4 Å². The summed E-state index contributed by atoms with van der Waals surface area (Å²) in [6, 6.07) is 16.8. The zero-order chi connectivity index (χ0) is 25.0. The van der Waals surface area contributed by atoms with Crippen molar-refractivity contribution in [3.8, 4) is 0 Å². The number of aromatic nitrogens is 2. The number of rotatable bonds is 8. The Morgan fingerprint density at radius 1 is 1.06 bits per heavy atom. The van der Waals surface area contributed by atoms with Crippen molar-refractivity contribution in [3.05, 3.63) is 107 Å². The number of aryl methyl sites for hydroxylation is 1. The smallest absolute Gasteiger partial charge is 0.290 e. The van der Waals surface area contributed by atoms with Gasteiger partial charge in [0, 0.05) is 25.5 Å². The number of carbonyl (C=O) groups excluding carboxylic acids is 2. The van der Waals surface area contributed by atoms with E-state index in [-0.39, 0.29) is 16.8 Å². The molecule has 1 unspecified atom stereocenters. The second-order valence-electron chi connectivity index (χ2n) is 9.80. The van der Waals surface area contributed by atoms with Crippen molar-refractivity contribution in [2.75, 3.05) is 6.54 Å². The Balaban J connectivity index is 1.64. The van der Waals surface area contributed by atoms with Crippen LogP contribution in [0.15, 0.2) is 90.7 Å². The molecule has 3 aromatic rings. The number of benzene rings is 2. The van der Waals surface area contributed by atoms with E-state index in [1.165, 1.54) is 6.08 Å². The largest absolute Gasteiger partial charge is 0.503 e. The lowest BCUT2D eigenvalue weighted by atomic mass is 9.85. The molecule has 1 aromatic heterocycles. The number of hydrogen-bond acceptors (Lipinski definition) is 4. The average molecular weight is 470 g/mol. The molecule has 6 nitrogen and oxygen atoms in total. The molecule has 0 spiro atoms. The minimum Gasteiger partial charge on any atom is -0.503 e. The number of amides is 1. The van der Waals surface area contributed by atoms with Crippen LogP contribution in [0.25, 0.3) is 6.08 Å². The molecule has 1 atom stereocenters. The van der Waals surface area contributed by atoms with E-state index in [1.54, 1.807) is 23.5 Å². The fourth-order valence-corrected chi connectivity index (χ4v) is 4.32. The number of nitrogens with zero attached hydrogens (tertiary/aromatic N) is 3. The van der Waals surface area contributed by atoms with Gasteiger partial charge in [-0.3, -0.25) is 9.59 Å². The summed E-state index contributed by atoms with van der Waals surface area (Å²) in [6.07, 6.45) is 9.10. The van der Waals surface area contributed by atoms with Crippen LogP contribution in [0.3, 0.4) is 0 Å². The lowest BCUT2D eigenvalue weighted by molar-refractivity contribution is -0.129. The topological polar surface area (TPSA) is 75.4 Å². The maximum Gasteiger partial charge on any atom is 0.290 e.